The maximum atomic E-state index is 15.3. The quantitative estimate of drug-likeness (QED) is 0.609. The molecule has 2 aromatic rings. The number of aromatic nitrogens is 1. The van der Waals surface area contributed by atoms with Crippen molar-refractivity contribution < 1.29 is 28.1 Å². The molecule has 2 atom stereocenters. The van der Waals surface area contributed by atoms with Crippen molar-refractivity contribution in [3.63, 3.8) is 0 Å². The first-order chi connectivity index (χ1) is 17.1. The van der Waals surface area contributed by atoms with E-state index in [2.05, 4.69) is 15.0 Å². The number of thioether (sulfide) groups is 1. The van der Waals surface area contributed by atoms with Crippen LogP contribution in [0.2, 0.25) is 0 Å². The number of alkyl carbamates (subject to hydrolysis) is 1. The van der Waals surface area contributed by atoms with Gasteiger partial charge in [0.25, 0.3) is 0 Å². The molecule has 1 aromatic carbocycles. The molecule has 0 radical (unpaired) electrons. The zero-order valence-corrected chi connectivity index (χ0v) is 22.4. The number of carbonyl (C=O) groups is 1. The second-order valence-corrected chi connectivity index (χ2v) is 10.5. The van der Waals surface area contributed by atoms with Gasteiger partial charge in [0.2, 0.25) is 5.88 Å². The van der Waals surface area contributed by atoms with Crippen LogP contribution in [0, 0.1) is 11.7 Å². The summed E-state index contributed by atoms with van der Waals surface area (Å²) >= 11 is 1.44. The number of fused-ring (bicyclic) bond motifs is 1. The van der Waals surface area contributed by atoms with Gasteiger partial charge in [-0.25, -0.2) is 19.2 Å². The standard InChI is InChI=1S/C24H28FN3O4S.C2H6O/c1-23(2,3)32-22(29)27-21-28-24(14-31-11-9-16(24)13-33-21)18-12-15(7-8-19(18)25)17-6-5-10-26-20(17)30-4;1-3-2/h5-8,10,12,16H,9,11,13-14H2,1-4H3,(H,27,28,29);1-2H3. The van der Waals surface area contributed by atoms with Gasteiger partial charge in [0.1, 0.15) is 17.0 Å². The molecule has 1 fully saturated rings. The molecule has 36 heavy (non-hydrogen) atoms. The maximum Gasteiger partial charge on any atom is 0.413 e. The van der Waals surface area contributed by atoms with Crippen LogP contribution in [0.4, 0.5) is 9.18 Å². The minimum absolute atomic E-state index is 0.0565. The number of ether oxygens (including phenoxy) is 4. The molecule has 196 valence electrons. The second-order valence-electron chi connectivity index (χ2n) is 9.48. The van der Waals surface area contributed by atoms with Crippen LogP contribution in [0.15, 0.2) is 41.5 Å². The maximum absolute atomic E-state index is 15.3. The number of methoxy groups -OCH3 is 2. The Labute approximate surface area is 216 Å². The number of benzene rings is 1. The van der Waals surface area contributed by atoms with Crippen molar-refractivity contribution >= 4 is 23.0 Å². The van der Waals surface area contributed by atoms with Crippen molar-refractivity contribution in [2.24, 2.45) is 10.9 Å². The van der Waals surface area contributed by atoms with Crippen molar-refractivity contribution in [1.82, 2.24) is 10.3 Å². The lowest BCUT2D eigenvalue weighted by atomic mass is 9.76. The highest BCUT2D eigenvalue weighted by Gasteiger charge is 2.48. The Morgan fingerprint density at radius 3 is 2.69 bits per heavy atom. The Kier molecular flexibility index (Phi) is 9.32. The molecule has 1 aromatic heterocycles. The number of pyridine rings is 1. The molecule has 0 bridgehead atoms. The van der Waals surface area contributed by atoms with Crippen molar-refractivity contribution in [3.05, 3.63) is 47.9 Å². The van der Waals surface area contributed by atoms with Gasteiger partial charge in [0.05, 0.1) is 13.7 Å². The van der Waals surface area contributed by atoms with E-state index in [0.29, 0.717) is 29.0 Å². The van der Waals surface area contributed by atoms with E-state index in [-0.39, 0.29) is 18.3 Å². The molecule has 1 amide bonds. The summed E-state index contributed by atoms with van der Waals surface area (Å²) in [4.78, 5) is 21.5. The van der Waals surface area contributed by atoms with Crippen LogP contribution in [-0.2, 0) is 19.7 Å². The van der Waals surface area contributed by atoms with Gasteiger partial charge in [-0.05, 0) is 57.0 Å². The van der Waals surface area contributed by atoms with Crippen molar-refractivity contribution in [2.75, 3.05) is 40.3 Å². The third-order valence-electron chi connectivity index (χ3n) is 5.65. The highest BCUT2D eigenvalue weighted by atomic mass is 32.2. The van der Waals surface area contributed by atoms with E-state index < -0.39 is 17.2 Å². The summed E-state index contributed by atoms with van der Waals surface area (Å²) in [5, 5.41) is 3.13. The summed E-state index contributed by atoms with van der Waals surface area (Å²) in [6.07, 6.45) is 1.80. The van der Waals surface area contributed by atoms with Crippen molar-refractivity contribution in [3.8, 4) is 17.0 Å². The van der Waals surface area contributed by atoms with E-state index >= 15 is 4.39 Å². The number of carbonyl (C=O) groups excluding carboxylic acids is 1. The zero-order chi connectivity index (χ0) is 26.3. The molecule has 2 aliphatic rings. The number of nitrogens with zero attached hydrogens (tertiary/aromatic N) is 2. The number of nitrogens with one attached hydrogen (secondary N) is 1. The minimum atomic E-state index is -0.955. The van der Waals surface area contributed by atoms with Gasteiger partial charge >= 0.3 is 6.09 Å². The fourth-order valence-corrected chi connectivity index (χ4v) is 5.34. The molecular formula is C26H34FN3O5S. The molecule has 8 nitrogen and oxygen atoms in total. The molecule has 1 N–H and O–H groups in total. The zero-order valence-electron chi connectivity index (χ0n) is 21.6. The summed E-state index contributed by atoms with van der Waals surface area (Å²) < 4.78 is 36.2. The van der Waals surface area contributed by atoms with Crippen LogP contribution in [0.25, 0.3) is 11.1 Å². The van der Waals surface area contributed by atoms with Gasteiger partial charge in [0.15, 0.2) is 5.17 Å². The smallest absolute Gasteiger partial charge is 0.413 e. The van der Waals surface area contributed by atoms with Gasteiger partial charge in [-0.3, -0.25) is 5.32 Å². The second kappa shape index (κ2) is 12.0. The van der Waals surface area contributed by atoms with E-state index in [1.165, 1.54) is 17.8 Å². The number of aliphatic imine (C=N–C) groups is 1. The highest BCUT2D eigenvalue weighted by molar-refractivity contribution is 8.13. The van der Waals surface area contributed by atoms with Crippen LogP contribution in [-0.4, -0.2) is 62.1 Å². The first kappa shape index (κ1) is 27.9. The topological polar surface area (TPSA) is 91.3 Å². The fraction of sp³-hybridized carbons (Fsp3) is 0.500. The Bertz CT molecular complexity index is 1090. The number of halogens is 1. The Morgan fingerprint density at radius 2 is 2.00 bits per heavy atom. The number of hydrogen-bond donors (Lipinski definition) is 1. The number of amidine groups is 1. The largest absolute Gasteiger partial charge is 0.481 e. The average Bonchev–Trinajstić information content (AvgIpc) is 2.83. The van der Waals surface area contributed by atoms with E-state index in [1.807, 2.05) is 12.1 Å². The van der Waals surface area contributed by atoms with Crippen LogP contribution in [0.3, 0.4) is 0 Å². The molecule has 1 saturated heterocycles. The summed E-state index contributed by atoms with van der Waals surface area (Å²) in [7, 11) is 4.80. The summed E-state index contributed by atoms with van der Waals surface area (Å²) in [6, 6.07) is 8.63. The lowest BCUT2D eigenvalue weighted by molar-refractivity contribution is 0.00280. The molecule has 0 saturated carbocycles. The Balaban J connectivity index is 0.00000115. The molecule has 0 aliphatic carbocycles. The molecule has 4 rings (SSSR count). The monoisotopic (exact) mass is 519 g/mol. The van der Waals surface area contributed by atoms with Gasteiger partial charge in [-0.2, -0.15) is 0 Å². The Hall–Kier alpha value is -2.69. The van der Waals surface area contributed by atoms with Gasteiger partial charge in [-0.1, -0.05) is 17.8 Å². The van der Waals surface area contributed by atoms with Crippen LogP contribution >= 0.6 is 11.8 Å². The van der Waals surface area contributed by atoms with E-state index in [9.17, 15) is 4.79 Å². The Morgan fingerprint density at radius 1 is 1.25 bits per heavy atom. The molecule has 2 aliphatic heterocycles. The van der Waals surface area contributed by atoms with E-state index in [1.54, 1.807) is 60.4 Å². The number of amides is 1. The predicted octanol–water partition coefficient (Wildman–Crippen LogP) is 5.02. The summed E-state index contributed by atoms with van der Waals surface area (Å²) in [6.45, 7) is 6.20. The summed E-state index contributed by atoms with van der Waals surface area (Å²) in [5.74, 6) is 0.821. The van der Waals surface area contributed by atoms with Crippen LogP contribution < -0.4 is 10.1 Å². The normalized spacial score (nSPS) is 21.3. The third kappa shape index (κ3) is 6.54. The van der Waals surface area contributed by atoms with Crippen LogP contribution in [0.5, 0.6) is 5.88 Å². The van der Waals surface area contributed by atoms with Gasteiger partial charge in [0, 0.05) is 49.8 Å². The first-order valence-corrected chi connectivity index (χ1v) is 12.6. The lowest BCUT2D eigenvalue weighted by Gasteiger charge is -2.44. The lowest BCUT2D eigenvalue weighted by Crippen LogP contribution is -2.49. The predicted molar refractivity (Wildman–Crippen MR) is 139 cm³/mol. The summed E-state index contributed by atoms with van der Waals surface area (Å²) in [5.41, 5.74) is 0.363. The fourth-order valence-electron chi connectivity index (χ4n) is 4.16. The molecule has 2 unspecified atom stereocenters. The molecule has 3 heterocycles. The van der Waals surface area contributed by atoms with Crippen molar-refractivity contribution in [2.45, 2.75) is 38.3 Å². The molecule has 10 heteroatoms. The molecular weight excluding hydrogens is 485 g/mol. The molecule has 0 spiro atoms. The number of rotatable bonds is 3. The van der Waals surface area contributed by atoms with Gasteiger partial charge < -0.3 is 18.9 Å². The van der Waals surface area contributed by atoms with E-state index in [0.717, 1.165) is 17.5 Å². The third-order valence-corrected chi connectivity index (χ3v) is 6.68. The number of hydrogen-bond acceptors (Lipinski definition) is 8. The highest BCUT2D eigenvalue weighted by Crippen LogP contribution is 2.46. The van der Waals surface area contributed by atoms with E-state index in [4.69, 9.17) is 19.2 Å². The minimum Gasteiger partial charge on any atom is -0.481 e. The van der Waals surface area contributed by atoms with Crippen molar-refractivity contribution in [1.29, 1.82) is 0 Å². The SMILES string of the molecule is COC.COc1ncccc1-c1ccc(F)c(C23COCCC2CSC(NC(=O)OC(C)(C)C)=N3)c1. The average molecular weight is 520 g/mol. The van der Waals surface area contributed by atoms with Crippen LogP contribution in [0.1, 0.15) is 32.8 Å². The first-order valence-electron chi connectivity index (χ1n) is 11.6. The van der Waals surface area contributed by atoms with Gasteiger partial charge in [-0.15, -0.1) is 0 Å².